The number of carbonyl (C=O) groups is 1. The molecule has 4 heteroatoms. The van der Waals surface area contributed by atoms with Gasteiger partial charge in [-0.3, -0.25) is 4.79 Å². The summed E-state index contributed by atoms with van der Waals surface area (Å²) in [4.78, 5) is 14.2. The third-order valence-corrected chi connectivity index (χ3v) is 4.12. The SMILES string of the molecule is Cc1cc(C)cc(OCCN(C)C(=O)C2(C)CCNC2)c1. The summed E-state index contributed by atoms with van der Waals surface area (Å²) in [5.74, 6) is 1.08. The van der Waals surface area contributed by atoms with Gasteiger partial charge in [-0.2, -0.15) is 0 Å². The van der Waals surface area contributed by atoms with Crippen molar-refractivity contribution in [2.75, 3.05) is 33.3 Å². The number of nitrogens with zero attached hydrogens (tertiary/aromatic N) is 1. The third-order valence-electron chi connectivity index (χ3n) is 4.12. The summed E-state index contributed by atoms with van der Waals surface area (Å²) in [5.41, 5.74) is 2.13. The molecule has 1 N–H and O–H groups in total. The summed E-state index contributed by atoms with van der Waals surface area (Å²) < 4.78 is 5.77. The van der Waals surface area contributed by atoms with E-state index in [-0.39, 0.29) is 11.3 Å². The Morgan fingerprint density at radius 3 is 2.57 bits per heavy atom. The molecule has 0 spiro atoms. The normalized spacial score (nSPS) is 21.3. The summed E-state index contributed by atoms with van der Waals surface area (Å²) in [5, 5.41) is 3.26. The fourth-order valence-electron chi connectivity index (χ4n) is 2.88. The van der Waals surface area contributed by atoms with Crippen molar-refractivity contribution in [3.63, 3.8) is 0 Å². The van der Waals surface area contributed by atoms with Crippen molar-refractivity contribution >= 4 is 5.91 Å². The van der Waals surface area contributed by atoms with Crippen LogP contribution in [0.15, 0.2) is 18.2 Å². The van der Waals surface area contributed by atoms with Crippen LogP contribution in [0.3, 0.4) is 0 Å². The first-order chi connectivity index (χ1) is 9.90. The molecule has 0 saturated carbocycles. The number of hydrogen-bond donors (Lipinski definition) is 1. The molecule has 0 bridgehead atoms. The lowest BCUT2D eigenvalue weighted by Crippen LogP contribution is -2.43. The van der Waals surface area contributed by atoms with E-state index in [1.165, 1.54) is 11.1 Å². The van der Waals surface area contributed by atoms with Crippen LogP contribution in [-0.2, 0) is 4.79 Å². The van der Waals surface area contributed by atoms with E-state index in [0.717, 1.165) is 25.3 Å². The summed E-state index contributed by atoms with van der Waals surface area (Å²) in [6, 6.07) is 6.17. The number of likely N-dealkylation sites (N-methyl/N-ethyl adjacent to an activating group) is 1. The highest BCUT2D eigenvalue weighted by Crippen LogP contribution is 2.26. The number of hydrogen-bond acceptors (Lipinski definition) is 3. The molecular formula is C17H26N2O2. The molecule has 21 heavy (non-hydrogen) atoms. The lowest BCUT2D eigenvalue weighted by molar-refractivity contribution is -0.139. The Morgan fingerprint density at radius 1 is 1.33 bits per heavy atom. The monoisotopic (exact) mass is 290 g/mol. The second kappa shape index (κ2) is 6.48. The molecule has 1 unspecified atom stereocenters. The van der Waals surface area contributed by atoms with Gasteiger partial charge in [-0.25, -0.2) is 0 Å². The van der Waals surface area contributed by atoms with Crippen molar-refractivity contribution in [2.45, 2.75) is 27.2 Å². The maximum atomic E-state index is 12.4. The molecule has 1 atom stereocenters. The molecule has 1 amide bonds. The van der Waals surface area contributed by atoms with Gasteiger partial charge in [0.25, 0.3) is 0 Å². The van der Waals surface area contributed by atoms with E-state index < -0.39 is 0 Å². The van der Waals surface area contributed by atoms with E-state index in [0.29, 0.717) is 13.2 Å². The molecule has 0 radical (unpaired) electrons. The lowest BCUT2D eigenvalue weighted by Gasteiger charge is -2.28. The Kier molecular flexibility index (Phi) is 4.88. The highest BCUT2D eigenvalue weighted by atomic mass is 16.5. The van der Waals surface area contributed by atoms with Crippen LogP contribution in [0, 0.1) is 19.3 Å². The van der Waals surface area contributed by atoms with Crippen molar-refractivity contribution in [3.8, 4) is 5.75 Å². The third kappa shape index (κ3) is 3.97. The van der Waals surface area contributed by atoms with Gasteiger partial charge in [-0.05, 0) is 57.0 Å². The van der Waals surface area contributed by atoms with Gasteiger partial charge in [-0.1, -0.05) is 6.07 Å². The lowest BCUT2D eigenvalue weighted by atomic mass is 9.88. The summed E-state index contributed by atoms with van der Waals surface area (Å²) in [6.07, 6.45) is 0.911. The predicted molar refractivity (Wildman–Crippen MR) is 84.6 cm³/mol. The summed E-state index contributed by atoms with van der Waals surface area (Å²) in [7, 11) is 1.86. The van der Waals surface area contributed by atoms with Crippen LogP contribution in [0.5, 0.6) is 5.75 Å². The number of rotatable bonds is 5. The van der Waals surface area contributed by atoms with E-state index in [1.807, 2.05) is 26.1 Å². The molecule has 2 rings (SSSR count). The van der Waals surface area contributed by atoms with Gasteiger partial charge in [0, 0.05) is 13.6 Å². The van der Waals surface area contributed by atoms with Crippen LogP contribution in [-0.4, -0.2) is 44.1 Å². The number of ether oxygens (including phenoxy) is 1. The molecule has 1 heterocycles. The Hall–Kier alpha value is -1.55. The van der Waals surface area contributed by atoms with Crippen LogP contribution in [0.4, 0.5) is 0 Å². The molecule has 1 aliphatic heterocycles. The second-order valence-corrected chi connectivity index (χ2v) is 6.39. The number of nitrogens with one attached hydrogen (secondary N) is 1. The minimum Gasteiger partial charge on any atom is -0.492 e. The molecule has 0 aromatic heterocycles. The van der Waals surface area contributed by atoms with E-state index >= 15 is 0 Å². The first kappa shape index (κ1) is 15.8. The van der Waals surface area contributed by atoms with Crippen molar-refractivity contribution in [2.24, 2.45) is 5.41 Å². The van der Waals surface area contributed by atoms with Gasteiger partial charge in [-0.15, -0.1) is 0 Å². The van der Waals surface area contributed by atoms with Crippen LogP contribution < -0.4 is 10.1 Å². The number of carbonyl (C=O) groups excluding carboxylic acids is 1. The number of benzene rings is 1. The smallest absolute Gasteiger partial charge is 0.229 e. The van der Waals surface area contributed by atoms with Crippen molar-refractivity contribution in [1.29, 1.82) is 0 Å². The first-order valence-electron chi connectivity index (χ1n) is 7.58. The van der Waals surface area contributed by atoms with E-state index in [2.05, 4.69) is 25.2 Å². The maximum Gasteiger partial charge on any atom is 0.229 e. The van der Waals surface area contributed by atoms with E-state index in [9.17, 15) is 4.79 Å². The highest BCUT2D eigenvalue weighted by Gasteiger charge is 2.37. The van der Waals surface area contributed by atoms with Crippen LogP contribution in [0.25, 0.3) is 0 Å². The van der Waals surface area contributed by atoms with Gasteiger partial charge >= 0.3 is 0 Å². The minimum absolute atomic E-state index is 0.205. The predicted octanol–water partition coefficient (Wildman–Crippen LogP) is 2.14. The van der Waals surface area contributed by atoms with Crippen LogP contribution in [0.2, 0.25) is 0 Å². The zero-order valence-corrected chi connectivity index (χ0v) is 13.5. The van der Waals surface area contributed by atoms with Crippen molar-refractivity contribution < 1.29 is 9.53 Å². The van der Waals surface area contributed by atoms with E-state index in [1.54, 1.807) is 4.90 Å². The van der Waals surface area contributed by atoms with E-state index in [4.69, 9.17) is 4.74 Å². The molecule has 4 nitrogen and oxygen atoms in total. The fourth-order valence-corrected chi connectivity index (χ4v) is 2.88. The van der Waals surface area contributed by atoms with Crippen LogP contribution in [0.1, 0.15) is 24.5 Å². The molecule has 0 aliphatic carbocycles. The summed E-state index contributed by atoms with van der Waals surface area (Å²) in [6.45, 7) is 8.99. The standard InChI is InChI=1S/C17H26N2O2/c1-13-9-14(2)11-15(10-13)21-8-7-19(4)16(20)17(3)5-6-18-12-17/h9-11,18H,5-8,12H2,1-4H3. The highest BCUT2D eigenvalue weighted by molar-refractivity contribution is 5.82. The Labute approximate surface area is 127 Å². The zero-order valence-electron chi connectivity index (χ0n) is 13.5. The minimum atomic E-state index is -0.255. The second-order valence-electron chi connectivity index (χ2n) is 6.39. The molecule has 1 aromatic carbocycles. The zero-order chi connectivity index (χ0) is 15.5. The molecular weight excluding hydrogens is 264 g/mol. The Bertz CT molecular complexity index is 487. The summed E-state index contributed by atoms with van der Waals surface area (Å²) >= 11 is 0. The van der Waals surface area contributed by atoms with Gasteiger partial charge in [0.15, 0.2) is 0 Å². The van der Waals surface area contributed by atoms with Gasteiger partial charge in [0.05, 0.1) is 12.0 Å². The quantitative estimate of drug-likeness (QED) is 0.903. The number of aryl methyl sites for hydroxylation is 2. The fraction of sp³-hybridized carbons (Fsp3) is 0.588. The molecule has 1 fully saturated rings. The van der Waals surface area contributed by atoms with Crippen molar-refractivity contribution in [3.05, 3.63) is 29.3 Å². The topological polar surface area (TPSA) is 41.6 Å². The molecule has 116 valence electrons. The molecule has 1 aromatic rings. The Balaban J connectivity index is 1.83. The number of amides is 1. The average Bonchev–Trinajstić information content (AvgIpc) is 2.85. The maximum absolute atomic E-state index is 12.4. The first-order valence-corrected chi connectivity index (χ1v) is 7.58. The molecule has 1 saturated heterocycles. The van der Waals surface area contributed by atoms with Crippen LogP contribution >= 0.6 is 0 Å². The molecule has 1 aliphatic rings. The average molecular weight is 290 g/mol. The van der Waals surface area contributed by atoms with Gasteiger partial charge in [0.2, 0.25) is 5.91 Å². The Morgan fingerprint density at radius 2 is 2.00 bits per heavy atom. The largest absolute Gasteiger partial charge is 0.492 e. The van der Waals surface area contributed by atoms with Crippen molar-refractivity contribution in [1.82, 2.24) is 10.2 Å². The van der Waals surface area contributed by atoms with Gasteiger partial charge in [0.1, 0.15) is 12.4 Å². The van der Waals surface area contributed by atoms with Gasteiger partial charge < -0.3 is 15.0 Å².